The second-order valence-corrected chi connectivity index (χ2v) is 8.11. The molecule has 0 amide bonds. The maximum atomic E-state index is 8.00. The molecule has 2 rings (SSSR count). The summed E-state index contributed by atoms with van der Waals surface area (Å²) in [7, 11) is 3.25. The van der Waals surface area contributed by atoms with Crippen LogP contribution in [-0.4, -0.2) is 26.7 Å². The topological polar surface area (TPSA) is 38.7 Å². The van der Waals surface area contributed by atoms with Crippen molar-refractivity contribution < 1.29 is 9.53 Å². The van der Waals surface area contributed by atoms with Gasteiger partial charge in [-0.3, -0.25) is 4.99 Å². The van der Waals surface area contributed by atoms with Crippen molar-refractivity contribution in [1.82, 2.24) is 0 Å². The highest BCUT2D eigenvalue weighted by atomic mass is 16.4. The number of carbonyl (C=O) groups excluding carboxylic acids is 1. The van der Waals surface area contributed by atoms with Crippen molar-refractivity contribution in [2.45, 2.75) is 121 Å². The summed E-state index contributed by atoms with van der Waals surface area (Å²) in [6, 6.07) is 19.1. The molecule has 39 heavy (non-hydrogen) atoms. The number of aliphatic imine (C=N–C) groups is 1. The minimum Gasteiger partial charge on any atom is -0.388 e. The molecule has 2 aromatic rings. The molecule has 0 heterocycles. The number of carbonyl (C=O) groups is 1. The maximum Gasteiger partial charge on any atom is 0.106 e. The lowest BCUT2D eigenvalue weighted by Gasteiger charge is -2.06. The molecule has 2 aromatic carbocycles. The molecule has 0 aromatic heterocycles. The molecule has 0 aliphatic carbocycles. The number of hydrogen-bond acceptors (Lipinski definition) is 3. The van der Waals surface area contributed by atoms with Gasteiger partial charge in [-0.2, -0.15) is 0 Å². The molecule has 0 unspecified atom stereocenters. The van der Waals surface area contributed by atoms with Crippen LogP contribution in [0.25, 0.3) is 0 Å². The molecule has 0 bridgehead atoms. The van der Waals surface area contributed by atoms with Gasteiger partial charge in [0.1, 0.15) is 6.79 Å². The van der Waals surface area contributed by atoms with Gasteiger partial charge in [0.2, 0.25) is 0 Å². The van der Waals surface area contributed by atoms with E-state index in [2.05, 4.69) is 106 Å². The van der Waals surface area contributed by atoms with E-state index < -0.39 is 0 Å². The molecule has 0 aliphatic rings. The third-order valence-corrected chi connectivity index (χ3v) is 4.82. The van der Waals surface area contributed by atoms with Crippen LogP contribution in [0, 0.1) is 6.92 Å². The first-order valence-corrected chi connectivity index (χ1v) is 14.9. The first-order chi connectivity index (χ1) is 18.9. The summed E-state index contributed by atoms with van der Waals surface area (Å²) < 4.78 is 4.25. The summed E-state index contributed by atoms with van der Waals surface area (Å²) in [5.41, 5.74) is 6.26. The molecule has 0 fully saturated rings. The lowest BCUT2D eigenvalue weighted by Crippen LogP contribution is -1.98. The fourth-order valence-corrected chi connectivity index (χ4v) is 2.61. The minimum absolute atomic E-state index is 0.857. The van der Waals surface area contributed by atoms with E-state index in [0.29, 0.717) is 0 Å². The van der Waals surface area contributed by atoms with Crippen LogP contribution < -0.4 is 0 Å². The number of aryl methyl sites for hydroxylation is 2. The van der Waals surface area contributed by atoms with Gasteiger partial charge in [0.25, 0.3) is 0 Å². The molecule has 0 radical (unpaired) electrons. The summed E-state index contributed by atoms with van der Waals surface area (Å²) in [5.74, 6) is 0. The van der Waals surface area contributed by atoms with Crippen molar-refractivity contribution in [3.63, 3.8) is 0 Å². The Labute approximate surface area is 245 Å². The predicted octanol–water partition coefficient (Wildman–Crippen LogP) is 11.3. The fraction of sp³-hybridized carbons (Fsp3) is 0.556. The number of ether oxygens (including phenoxy) is 1. The standard InChI is InChI=1S/C17H25N.C8H10.C4H10.C2H6O.2C2H6.CH2O/c1-5-7-8-17(6-2)18-15(4)13-16-11-9-14(3)10-12-16;1-2-8-6-4-3-5-7-8;1-3-4-2;1-3-2;3*1-2/h9-12H,4-8,13H2,1-3H3;3-7H,2H2,1H3;3-4H2,1-2H3;1-2H3;2*1-2H3;1H2. The Hall–Kier alpha value is -2.52. The Morgan fingerprint density at radius 1 is 0.744 bits per heavy atom. The third-order valence-electron chi connectivity index (χ3n) is 4.82. The normalized spacial score (nSPS) is 8.87. The highest BCUT2D eigenvalue weighted by molar-refractivity contribution is 5.85. The van der Waals surface area contributed by atoms with Crippen LogP contribution in [0.2, 0.25) is 0 Å². The second-order valence-electron chi connectivity index (χ2n) is 8.11. The van der Waals surface area contributed by atoms with E-state index in [4.69, 9.17) is 4.79 Å². The van der Waals surface area contributed by atoms with Gasteiger partial charge in [-0.25, -0.2) is 0 Å². The second kappa shape index (κ2) is 42.6. The van der Waals surface area contributed by atoms with Crippen LogP contribution >= 0.6 is 0 Å². The van der Waals surface area contributed by atoms with Crippen molar-refractivity contribution in [3.05, 3.63) is 83.6 Å². The van der Waals surface area contributed by atoms with Gasteiger partial charge in [-0.1, -0.05) is 148 Å². The van der Waals surface area contributed by atoms with Gasteiger partial charge >= 0.3 is 0 Å². The van der Waals surface area contributed by atoms with Crippen molar-refractivity contribution >= 4 is 12.5 Å². The molecule has 226 valence electrons. The molecular weight excluding hydrogens is 478 g/mol. The lowest BCUT2D eigenvalue weighted by molar-refractivity contribution is -0.0980. The van der Waals surface area contributed by atoms with Crippen LogP contribution in [0.5, 0.6) is 0 Å². The van der Waals surface area contributed by atoms with Gasteiger partial charge in [0.05, 0.1) is 0 Å². The van der Waals surface area contributed by atoms with Crippen LogP contribution in [0.3, 0.4) is 0 Å². The Bertz CT molecular complexity index is 719. The Morgan fingerprint density at radius 3 is 1.54 bits per heavy atom. The zero-order valence-electron chi connectivity index (χ0n) is 28.0. The average molecular weight is 544 g/mol. The van der Waals surface area contributed by atoms with Crippen molar-refractivity contribution in [3.8, 4) is 0 Å². The van der Waals surface area contributed by atoms with Gasteiger partial charge in [-0.15, -0.1) is 0 Å². The number of hydrogen-bond donors (Lipinski definition) is 0. The van der Waals surface area contributed by atoms with E-state index in [1.54, 1.807) is 14.2 Å². The first kappa shape index (κ1) is 46.3. The Balaban J connectivity index is -0.000000152. The lowest BCUT2D eigenvalue weighted by atomic mass is 10.1. The smallest absolute Gasteiger partial charge is 0.106 e. The van der Waals surface area contributed by atoms with Crippen LogP contribution in [0.1, 0.15) is 118 Å². The molecule has 3 heteroatoms. The largest absolute Gasteiger partial charge is 0.388 e. The highest BCUT2D eigenvalue weighted by Crippen LogP contribution is 2.11. The Morgan fingerprint density at radius 2 is 1.21 bits per heavy atom. The molecule has 3 nitrogen and oxygen atoms in total. The summed E-state index contributed by atoms with van der Waals surface area (Å²) in [6.45, 7) is 27.1. The van der Waals surface area contributed by atoms with E-state index in [9.17, 15) is 0 Å². The van der Waals surface area contributed by atoms with E-state index >= 15 is 0 Å². The number of methoxy groups -OCH3 is 1. The number of rotatable bonds is 9. The number of allylic oxidation sites excluding steroid dienone is 1. The van der Waals surface area contributed by atoms with Crippen LogP contribution in [0.15, 0.2) is 71.9 Å². The first-order valence-electron chi connectivity index (χ1n) is 14.9. The van der Waals surface area contributed by atoms with Gasteiger partial charge in [-0.05, 0) is 43.7 Å². The molecular formula is C36H65NO2. The third kappa shape index (κ3) is 37.7. The number of benzene rings is 2. The van der Waals surface area contributed by atoms with Gasteiger partial charge in [0.15, 0.2) is 0 Å². The minimum atomic E-state index is 0.857. The fourth-order valence-electron chi connectivity index (χ4n) is 2.61. The summed E-state index contributed by atoms with van der Waals surface area (Å²) in [5, 5.41) is 0. The molecule has 0 aliphatic heterocycles. The van der Waals surface area contributed by atoms with E-state index in [0.717, 1.165) is 31.4 Å². The average Bonchev–Trinajstić information content (AvgIpc) is 3.00. The zero-order chi connectivity index (χ0) is 31.3. The molecule has 0 saturated heterocycles. The van der Waals surface area contributed by atoms with E-state index in [-0.39, 0.29) is 0 Å². The maximum absolute atomic E-state index is 8.00. The Kier molecular flexibility index (Phi) is 50.6. The summed E-state index contributed by atoms with van der Waals surface area (Å²) in [6.07, 6.45) is 9.23. The molecule has 0 saturated carbocycles. The molecule has 0 spiro atoms. The molecule has 0 atom stereocenters. The summed E-state index contributed by atoms with van der Waals surface area (Å²) in [4.78, 5) is 12.7. The SMILES string of the molecule is C=C(Cc1ccc(C)cc1)N=C(CC)CCCC.C=O.CC.CC.CCCC.CCc1ccccc1.COC. The van der Waals surface area contributed by atoms with Crippen LogP contribution in [0.4, 0.5) is 0 Å². The van der Waals surface area contributed by atoms with Crippen molar-refractivity contribution in [2.24, 2.45) is 4.99 Å². The monoisotopic (exact) mass is 544 g/mol. The quantitative estimate of drug-likeness (QED) is 0.295. The highest BCUT2D eigenvalue weighted by Gasteiger charge is 2.00. The van der Waals surface area contributed by atoms with E-state index in [1.165, 1.54) is 48.1 Å². The number of unbranched alkanes of at least 4 members (excludes halogenated alkanes) is 2. The van der Waals surface area contributed by atoms with Crippen molar-refractivity contribution in [1.29, 1.82) is 0 Å². The van der Waals surface area contributed by atoms with E-state index in [1.807, 2.05) is 40.6 Å². The molecule has 0 N–H and O–H groups in total. The number of nitrogens with zero attached hydrogens (tertiary/aromatic N) is 1. The van der Waals surface area contributed by atoms with Crippen molar-refractivity contribution in [2.75, 3.05) is 14.2 Å². The predicted molar refractivity (Wildman–Crippen MR) is 180 cm³/mol. The van der Waals surface area contributed by atoms with Gasteiger partial charge < -0.3 is 9.53 Å². The van der Waals surface area contributed by atoms with Crippen LogP contribution in [-0.2, 0) is 22.4 Å². The zero-order valence-corrected chi connectivity index (χ0v) is 28.0. The summed E-state index contributed by atoms with van der Waals surface area (Å²) >= 11 is 0. The van der Waals surface area contributed by atoms with Gasteiger partial charge in [0, 0.05) is 32.0 Å².